The smallest absolute Gasteiger partial charge is 0.189 e. The van der Waals surface area contributed by atoms with Crippen LogP contribution >= 0.6 is 0 Å². The Morgan fingerprint density at radius 3 is 2.30 bits per heavy atom. The molecule has 0 saturated carbocycles. The molecule has 0 aliphatic rings. The minimum absolute atomic E-state index is 0.164. The van der Waals surface area contributed by atoms with Crippen LogP contribution in [-0.2, 0) is 11.2 Å². The van der Waals surface area contributed by atoms with Gasteiger partial charge < -0.3 is 9.47 Å². The fourth-order valence-electron chi connectivity index (χ4n) is 2.56. The standard InChI is InChI=1S/C21H28O2/c1-6-17-11-12-18(15(2)3)13-20(17)19-9-7-8-10-21(19)23-14-22-16(4)5/h7-13,15-16H,6,14H2,1-5H3. The average molecular weight is 312 g/mol. The zero-order valence-electron chi connectivity index (χ0n) is 14.9. The molecule has 0 saturated heterocycles. The Balaban J connectivity index is 2.39. The Labute approximate surface area is 140 Å². The molecule has 0 heterocycles. The summed E-state index contributed by atoms with van der Waals surface area (Å²) >= 11 is 0. The van der Waals surface area contributed by atoms with Crippen molar-refractivity contribution in [2.75, 3.05) is 6.79 Å². The van der Waals surface area contributed by atoms with Gasteiger partial charge in [-0.15, -0.1) is 0 Å². The van der Waals surface area contributed by atoms with Gasteiger partial charge in [0.2, 0.25) is 0 Å². The molecule has 124 valence electrons. The highest BCUT2D eigenvalue weighted by Crippen LogP contribution is 2.34. The SMILES string of the molecule is CCc1ccc(C(C)C)cc1-c1ccccc1OCOC(C)C. The van der Waals surface area contributed by atoms with E-state index in [-0.39, 0.29) is 12.9 Å². The first-order chi connectivity index (χ1) is 11.0. The zero-order chi connectivity index (χ0) is 16.8. The van der Waals surface area contributed by atoms with Gasteiger partial charge in [-0.1, -0.05) is 57.2 Å². The van der Waals surface area contributed by atoms with E-state index in [1.54, 1.807) is 0 Å². The first-order valence-electron chi connectivity index (χ1n) is 8.49. The molecule has 0 unspecified atom stereocenters. The molecule has 0 amide bonds. The number of aryl methyl sites for hydroxylation is 1. The largest absolute Gasteiger partial charge is 0.467 e. The van der Waals surface area contributed by atoms with E-state index in [2.05, 4.69) is 51.1 Å². The fourth-order valence-corrected chi connectivity index (χ4v) is 2.56. The van der Waals surface area contributed by atoms with Crippen LogP contribution in [0.3, 0.4) is 0 Å². The van der Waals surface area contributed by atoms with Crippen LogP contribution in [0.1, 0.15) is 51.7 Å². The van der Waals surface area contributed by atoms with Crippen molar-refractivity contribution < 1.29 is 9.47 Å². The van der Waals surface area contributed by atoms with Crippen LogP contribution in [0, 0.1) is 0 Å². The van der Waals surface area contributed by atoms with Crippen molar-refractivity contribution in [3.63, 3.8) is 0 Å². The molecule has 0 aromatic heterocycles. The number of rotatable bonds is 7. The van der Waals surface area contributed by atoms with Gasteiger partial charge in [0.25, 0.3) is 0 Å². The maximum Gasteiger partial charge on any atom is 0.189 e. The van der Waals surface area contributed by atoms with Crippen LogP contribution in [0.4, 0.5) is 0 Å². The van der Waals surface area contributed by atoms with Crippen LogP contribution in [-0.4, -0.2) is 12.9 Å². The summed E-state index contributed by atoms with van der Waals surface area (Å²) in [7, 11) is 0. The molecular weight excluding hydrogens is 284 g/mol. The molecular formula is C21H28O2. The van der Waals surface area contributed by atoms with E-state index < -0.39 is 0 Å². The van der Waals surface area contributed by atoms with Crippen molar-refractivity contribution in [3.05, 3.63) is 53.6 Å². The van der Waals surface area contributed by atoms with E-state index in [9.17, 15) is 0 Å². The third-order valence-electron chi connectivity index (χ3n) is 3.97. The predicted octanol–water partition coefficient (Wildman–Crippen LogP) is 5.80. The van der Waals surface area contributed by atoms with Gasteiger partial charge in [-0.05, 0) is 48.9 Å². The zero-order valence-corrected chi connectivity index (χ0v) is 14.9. The maximum absolute atomic E-state index is 5.88. The summed E-state index contributed by atoms with van der Waals surface area (Å²) in [5.41, 5.74) is 5.10. The van der Waals surface area contributed by atoms with Crippen LogP contribution < -0.4 is 4.74 Å². The van der Waals surface area contributed by atoms with Gasteiger partial charge in [0.05, 0.1) is 6.10 Å². The van der Waals surface area contributed by atoms with Crippen molar-refractivity contribution in [1.29, 1.82) is 0 Å². The molecule has 0 radical (unpaired) electrons. The summed E-state index contributed by atoms with van der Waals surface area (Å²) < 4.78 is 11.4. The lowest BCUT2D eigenvalue weighted by molar-refractivity contribution is -0.0197. The molecule has 2 heteroatoms. The van der Waals surface area contributed by atoms with E-state index in [1.165, 1.54) is 16.7 Å². The lowest BCUT2D eigenvalue weighted by Gasteiger charge is -2.17. The first kappa shape index (κ1) is 17.6. The number of para-hydroxylation sites is 1. The van der Waals surface area contributed by atoms with Gasteiger partial charge >= 0.3 is 0 Å². The number of hydrogen-bond acceptors (Lipinski definition) is 2. The van der Waals surface area contributed by atoms with Gasteiger partial charge in [0.1, 0.15) is 5.75 Å². The van der Waals surface area contributed by atoms with E-state index >= 15 is 0 Å². The van der Waals surface area contributed by atoms with E-state index in [0.717, 1.165) is 17.7 Å². The molecule has 2 nitrogen and oxygen atoms in total. The number of ether oxygens (including phenoxy) is 2. The molecule has 23 heavy (non-hydrogen) atoms. The topological polar surface area (TPSA) is 18.5 Å². The van der Waals surface area contributed by atoms with Crippen molar-refractivity contribution in [2.24, 2.45) is 0 Å². The molecule has 0 fully saturated rings. The molecule has 2 rings (SSSR count). The monoisotopic (exact) mass is 312 g/mol. The highest BCUT2D eigenvalue weighted by molar-refractivity contribution is 5.74. The summed E-state index contributed by atoms with van der Waals surface area (Å²) in [6, 6.07) is 15.0. The number of hydrogen-bond donors (Lipinski definition) is 0. The van der Waals surface area contributed by atoms with Gasteiger partial charge in [0.15, 0.2) is 6.79 Å². The molecule has 0 atom stereocenters. The molecule has 0 bridgehead atoms. The maximum atomic E-state index is 5.88. The van der Waals surface area contributed by atoms with Crippen LogP contribution in [0.2, 0.25) is 0 Å². The summed E-state index contributed by atoms with van der Waals surface area (Å²) in [5.74, 6) is 1.39. The lowest BCUT2D eigenvalue weighted by atomic mass is 9.92. The van der Waals surface area contributed by atoms with Crippen molar-refractivity contribution in [2.45, 2.75) is 53.1 Å². The second-order valence-electron chi connectivity index (χ2n) is 6.40. The van der Waals surface area contributed by atoms with Gasteiger partial charge in [-0.3, -0.25) is 0 Å². The van der Waals surface area contributed by atoms with Crippen LogP contribution in [0.25, 0.3) is 11.1 Å². The number of benzene rings is 2. The minimum atomic E-state index is 0.164. The Kier molecular flexibility index (Phi) is 6.23. The van der Waals surface area contributed by atoms with E-state index in [0.29, 0.717) is 5.92 Å². The molecule has 0 aliphatic carbocycles. The third kappa shape index (κ3) is 4.59. The predicted molar refractivity (Wildman–Crippen MR) is 97.1 cm³/mol. The molecule has 0 N–H and O–H groups in total. The Morgan fingerprint density at radius 2 is 1.65 bits per heavy atom. The van der Waals surface area contributed by atoms with Gasteiger partial charge in [0, 0.05) is 5.56 Å². The van der Waals surface area contributed by atoms with Gasteiger partial charge in [-0.2, -0.15) is 0 Å². The summed E-state index contributed by atoms with van der Waals surface area (Å²) in [6.45, 7) is 10.9. The van der Waals surface area contributed by atoms with Crippen LogP contribution in [0.5, 0.6) is 5.75 Å². The lowest BCUT2D eigenvalue weighted by Crippen LogP contribution is -2.09. The Morgan fingerprint density at radius 1 is 0.913 bits per heavy atom. The molecule has 2 aromatic carbocycles. The van der Waals surface area contributed by atoms with Gasteiger partial charge in [-0.25, -0.2) is 0 Å². The molecule has 0 spiro atoms. The van der Waals surface area contributed by atoms with Crippen molar-refractivity contribution in [1.82, 2.24) is 0 Å². The summed E-state index contributed by atoms with van der Waals surface area (Å²) in [6.07, 6.45) is 1.17. The molecule has 0 aliphatic heterocycles. The second-order valence-corrected chi connectivity index (χ2v) is 6.40. The Hall–Kier alpha value is -1.80. The third-order valence-corrected chi connectivity index (χ3v) is 3.97. The quantitative estimate of drug-likeness (QED) is 0.601. The first-order valence-corrected chi connectivity index (χ1v) is 8.49. The van der Waals surface area contributed by atoms with E-state index in [1.807, 2.05) is 26.0 Å². The second kappa shape index (κ2) is 8.16. The average Bonchev–Trinajstić information content (AvgIpc) is 2.54. The summed E-state index contributed by atoms with van der Waals surface area (Å²) in [4.78, 5) is 0. The Bertz CT molecular complexity index is 629. The highest BCUT2D eigenvalue weighted by atomic mass is 16.7. The fraction of sp³-hybridized carbons (Fsp3) is 0.429. The van der Waals surface area contributed by atoms with Crippen molar-refractivity contribution in [3.8, 4) is 16.9 Å². The molecule has 2 aromatic rings. The highest BCUT2D eigenvalue weighted by Gasteiger charge is 2.12. The van der Waals surface area contributed by atoms with Crippen LogP contribution in [0.15, 0.2) is 42.5 Å². The minimum Gasteiger partial charge on any atom is -0.467 e. The summed E-state index contributed by atoms with van der Waals surface area (Å²) in [5, 5.41) is 0. The normalized spacial score (nSPS) is 11.3. The van der Waals surface area contributed by atoms with Crippen molar-refractivity contribution >= 4 is 0 Å². The van der Waals surface area contributed by atoms with E-state index in [4.69, 9.17) is 9.47 Å².